The van der Waals surface area contributed by atoms with E-state index in [1.807, 2.05) is 6.92 Å². The van der Waals surface area contributed by atoms with E-state index in [0.717, 1.165) is 11.1 Å². The van der Waals surface area contributed by atoms with Crippen molar-refractivity contribution in [2.75, 3.05) is 20.8 Å². The molecule has 90 valence electrons. The Bertz CT molecular complexity index is 382. The molecule has 1 aromatic carbocycles. The van der Waals surface area contributed by atoms with Crippen LogP contribution in [0.4, 0.5) is 0 Å². The summed E-state index contributed by atoms with van der Waals surface area (Å²) in [4.78, 5) is 0. The third kappa shape index (κ3) is 2.24. The second-order valence-electron chi connectivity index (χ2n) is 3.43. The van der Waals surface area contributed by atoms with Gasteiger partial charge < -0.3 is 20.3 Å². The standard InChI is InChI=1S/C11H16ClNO3/c1-6-7(9(13)5-14)4-8(12)11(16-3)10(6)15-2/h4,9,14H,5,13H2,1-3H3. The van der Waals surface area contributed by atoms with Crippen molar-refractivity contribution < 1.29 is 14.6 Å². The number of hydrogen-bond donors (Lipinski definition) is 2. The first kappa shape index (κ1) is 13.1. The van der Waals surface area contributed by atoms with E-state index in [-0.39, 0.29) is 6.61 Å². The van der Waals surface area contributed by atoms with Crippen LogP contribution in [0.15, 0.2) is 6.07 Å². The van der Waals surface area contributed by atoms with Crippen LogP contribution < -0.4 is 15.2 Å². The van der Waals surface area contributed by atoms with Crippen molar-refractivity contribution in [1.82, 2.24) is 0 Å². The van der Waals surface area contributed by atoms with Crippen LogP contribution in [0.25, 0.3) is 0 Å². The van der Waals surface area contributed by atoms with Crippen LogP contribution in [0, 0.1) is 6.92 Å². The summed E-state index contributed by atoms with van der Waals surface area (Å²) in [6.45, 7) is 1.70. The molecule has 0 amide bonds. The van der Waals surface area contributed by atoms with Gasteiger partial charge in [0.25, 0.3) is 0 Å². The second kappa shape index (κ2) is 5.39. The maximum Gasteiger partial charge on any atom is 0.179 e. The fourth-order valence-corrected chi connectivity index (χ4v) is 1.92. The minimum Gasteiger partial charge on any atom is -0.493 e. The molecule has 0 saturated heterocycles. The Morgan fingerprint density at radius 3 is 2.38 bits per heavy atom. The van der Waals surface area contributed by atoms with Gasteiger partial charge in [0.05, 0.1) is 31.9 Å². The van der Waals surface area contributed by atoms with E-state index in [9.17, 15) is 0 Å². The summed E-state index contributed by atoms with van der Waals surface area (Å²) < 4.78 is 10.4. The van der Waals surface area contributed by atoms with Gasteiger partial charge in [-0.25, -0.2) is 0 Å². The summed E-state index contributed by atoms with van der Waals surface area (Å²) in [5, 5.41) is 9.47. The van der Waals surface area contributed by atoms with Gasteiger partial charge in [-0.1, -0.05) is 11.6 Å². The smallest absolute Gasteiger partial charge is 0.179 e. The summed E-state index contributed by atoms with van der Waals surface area (Å²) in [5.41, 5.74) is 7.35. The third-order valence-electron chi connectivity index (χ3n) is 2.48. The van der Waals surface area contributed by atoms with Gasteiger partial charge in [0.1, 0.15) is 0 Å². The Labute approximate surface area is 99.9 Å². The van der Waals surface area contributed by atoms with E-state index in [0.29, 0.717) is 16.5 Å². The molecule has 16 heavy (non-hydrogen) atoms. The molecular weight excluding hydrogens is 230 g/mol. The average Bonchev–Trinajstić information content (AvgIpc) is 2.29. The molecule has 0 heterocycles. The lowest BCUT2D eigenvalue weighted by Gasteiger charge is -2.18. The Morgan fingerprint density at radius 2 is 1.94 bits per heavy atom. The molecule has 1 aromatic rings. The van der Waals surface area contributed by atoms with Crippen LogP contribution >= 0.6 is 11.6 Å². The minimum absolute atomic E-state index is 0.146. The maximum absolute atomic E-state index is 9.05. The highest BCUT2D eigenvalue weighted by Gasteiger charge is 2.19. The van der Waals surface area contributed by atoms with Gasteiger partial charge in [-0.3, -0.25) is 0 Å². The molecule has 0 saturated carbocycles. The van der Waals surface area contributed by atoms with Gasteiger partial charge in [0.2, 0.25) is 0 Å². The maximum atomic E-state index is 9.05. The number of halogens is 1. The van der Waals surface area contributed by atoms with Crippen LogP contribution in [0.1, 0.15) is 17.2 Å². The molecule has 1 rings (SSSR count). The first-order valence-corrected chi connectivity index (χ1v) is 5.22. The summed E-state index contributed by atoms with van der Waals surface area (Å²) in [7, 11) is 3.06. The zero-order valence-electron chi connectivity index (χ0n) is 9.58. The van der Waals surface area contributed by atoms with Gasteiger partial charge >= 0.3 is 0 Å². The first-order valence-electron chi connectivity index (χ1n) is 4.84. The van der Waals surface area contributed by atoms with Crippen molar-refractivity contribution >= 4 is 11.6 Å². The molecule has 0 bridgehead atoms. The predicted octanol–water partition coefficient (Wildman–Crippen LogP) is 1.66. The van der Waals surface area contributed by atoms with Gasteiger partial charge in [0, 0.05) is 0 Å². The van der Waals surface area contributed by atoms with E-state index in [2.05, 4.69) is 0 Å². The molecule has 0 radical (unpaired) electrons. The fourth-order valence-electron chi connectivity index (χ4n) is 1.64. The number of ether oxygens (including phenoxy) is 2. The number of aliphatic hydroxyl groups is 1. The Balaban J connectivity index is 3.39. The number of rotatable bonds is 4. The van der Waals surface area contributed by atoms with Crippen molar-refractivity contribution in [2.45, 2.75) is 13.0 Å². The molecule has 0 aliphatic heterocycles. The average molecular weight is 246 g/mol. The normalized spacial score (nSPS) is 12.4. The zero-order chi connectivity index (χ0) is 12.3. The summed E-state index contributed by atoms with van der Waals surface area (Å²) in [6, 6.07) is 1.22. The number of nitrogens with two attached hydrogens (primary N) is 1. The van der Waals surface area contributed by atoms with E-state index >= 15 is 0 Å². The summed E-state index contributed by atoms with van der Waals surface area (Å²) in [6.07, 6.45) is 0. The first-order chi connectivity index (χ1) is 7.56. The van der Waals surface area contributed by atoms with Crippen LogP contribution in [0.3, 0.4) is 0 Å². The monoisotopic (exact) mass is 245 g/mol. The molecule has 1 atom stereocenters. The van der Waals surface area contributed by atoms with Crippen LogP contribution in [-0.2, 0) is 0 Å². The van der Waals surface area contributed by atoms with Crippen molar-refractivity contribution in [1.29, 1.82) is 0 Å². The minimum atomic E-state index is -0.475. The van der Waals surface area contributed by atoms with E-state index < -0.39 is 6.04 Å². The lowest BCUT2D eigenvalue weighted by Crippen LogP contribution is -2.16. The largest absolute Gasteiger partial charge is 0.493 e. The van der Waals surface area contributed by atoms with Crippen molar-refractivity contribution in [3.63, 3.8) is 0 Å². The highest BCUT2D eigenvalue weighted by Crippen LogP contribution is 2.40. The lowest BCUT2D eigenvalue weighted by atomic mass is 10.0. The molecule has 3 N–H and O–H groups in total. The van der Waals surface area contributed by atoms with E-state index in [4.69, 9.17) is 31.9 Å². The van der Waals surface area contributed by atoms with E-state index in [1.54, 1.807) is 6.07 Å². The fraction of sp³-hybridized carbons (Fsp3) is 0.455. The van der Waals surface area contributed by atoms with Gasteiger partial charge in [0.15, 0.2) is 11.5 Å². The van der Waals surface area contributed by atoms with Crippen molar-refractivity contribution in [3.05, 3.63) is 22.2 Å². The van der Waals surface area contributed by atoms with Crippen LogP contribution in [0.5, 0.6) is 11.5 Å². The van der Waals surface area contributed by atoms with Crippen LogP contribution in [0.2, 0.25) is 5.02 Å². The second-order valence-corrected chi connectivity index (χ2v) is 3.84. The molecule has 0 fully saturated rings. The molecule has 5 heteroatoms. The number of benzene rings is 1. The molecule has 0 spiro atoms. The number of methoxy groups -OCH3 is 2. The predicted molar refractivity (Wildman–Crippen MR) is 63.3 cm³/mol. The van der Waals surface area contributed by atoms with Gasteiger partial charge in [-0.15, -0.1) is 0 Å². The molecule has 0 aliphatic carbocycles. The highest BCUT2D eigenvalue weighted by molar-refractivity contribution is 6.32. The molecule has 0 aliphatic rings. The molecule has 4 nitrogen and oxygen atoms in total. The number of aliphatic hydroxyl groups excluding tert-OH is 1. The molecule has 0 aromatic heterocycles. The van der Waals surface area contributed by atoms with Crippen molar-refractivity contribution in [3.8, 4) is 11.5 Å². The third-order valence-corrected chi connectivity index (χ3v) is 2.76. The Morgan fingerprint density at radius 1 is 1.38 bits per heavy atom. The Hall–Kier alpha value is -0.970. The molecular formula is C11H16ClNO3. The van der Waals surface area contributed by atoms with E-state index in [1.165, 1.54) is 14.2 Å². The summed E-state index contributed by atoms with van der Waals surface area (Å²) >= 11 is 6.04. The van der Waals surface area contributed by atoms with Gasteiger partial charge in [-0.2, -0.15) is 0 Å². The quantitative estimate of drug-likeness (QED) is 0.847. The molecule has 1 unspecified atom stereocenters. The SMILES string of the molecule is COc1c(Cl)cc(C(N)CO)c(C)c1OC. The number of hydrogen-bond acceptors (Lipinski definition) is 4. The Kier molecular flexibility index (Phi) is 4.41. The lowest BCUT2D eigenvalue weighted by molar-refractivity contribution is 0.267. The van der Waals surface area contributed by atoms with Crippen molar-refractivity contribution in [2.24, 2.45) is 5.73 Å². The topological polar surface area (TPSA) is 64.7 Å². The zero-order valence-corrected chi connectivity index (χ0v) is 10.3. The highest BCUT2D eigenvalue weighted by atomic mass is 35.5. The van der Waals surface area contributed by atoms with Gasteiger partial charge in [-0.05, 0) is 24.1 Å². The summed E-state index contributed by atoms with van der Waals surface area (Å²) in [5.74, 6) is 1.03. The van der Waals surface area contributed by atoms with Crippen LogP contribution in [-0.4, -0.2) is 25.9 Å².